The van der Waals surface area contributed by atoms with Gasteiger partial charge in [-0.25, -0.2) is 9.97 Å². The van der Waals surface area contributed by atoms with Gasteiger partial charge in [0.15, 0.2) is 5.82 Å². The number of aromatic nitrogens is 3. The second-order valence-corrected chi connectivity index (χ2v) is 8.62. The molecule has 0 aromatic carbocycles. The van der Waals surface area contributed by atoms with Gasteiger partial charge in [0.25, 0.3) is 0 Å². The predicted molar refractivity (Wildman–Crippen MR) is 120 cm³/mol. The molecule has 1 atom stereocenters. The van der Waals surface area contributed by atoms with Gasteiger partial charge in [0.2, 0.25) is 11.8 Å². The van der Waals surface area contributed by atoms with Gasteiger partial charge in [-0.15, -0.1) is 0 Å². The molecule has 1 saturated heterocycles. The predicted octanol–water partition coefficient (Wildman–Crippen LogP) is 2.68. The lowest BCUT2D eigenvalue weighted by Gasteiger charge is -2.32. The van der Waals surface area contributed by atoms with Gasteiger partial charge < -0.3 is 15.1 Å². The number of pyridine rings is 1. The number of carbonyl (C=O) groups excluding carboxylic acids is 2. The minimum absolute atomic E-state index is 0.0254. The SMILES string of the molecule is CC(=O)N1CCC(C(=O)NC(c2cc(N(C)C)nc(-c3ccncc3)n2)C(C)C)CC1. The average molecular weight is 425 g/mol. The van der Waals surface area contributed by atoms with E-state index in [2.05, 4.69) is 29.1 Å². The molecular weight excluding hydrogens is 392 g/mol. The Balaban J connectivity index is 1.84. The lowest BCUT2D eigenvalue weighted by atomic mass is 9.93. The van der Waals surface area contributed by atoms with Gasteiger partial charge in [-0.2, -0.15) is 0 Å². The van der Waals surface area contributed by atoms with Crippen molar-refractivity contribution in [2.75, 3.05) is 32.1 Å². The van der Waals surface area contributed by atoms with E-state index in [0.717, 1.165) is 17.1 Å². The van der Waals surface area contributed by atoms with Crippen molar-refractivity contribution in [1.82, 2.24) is 25.2 Å². The minimum atomic E-state index is -0.236. The van der Waals surface area contributed by atoms with Crippen LogP contribution >= 0.6 is 0 Å². The Bertz CT molecular complexity index is 908. The summed E-state index contributed by atoms with van der Waals surface area (Å²) in [5.41, 5.74) is 1.67. The molecule has 8 heteroatoms. The Labute approximate surface area is 184 Å². The van der Waals surface area contributed by atoms with E-state index in [1.807, 2.05) is 37.2 Å². The van der Waals surface area contributed by atoms with Gasteiger partial charge in [-0.05, 0) is 30.9 Å². The number of anilines is 1. The average Bonchev–Trinajstić information content (AvgIpc) is 2.77. The summed E-state index contributed by atoms with van der Waals surface area (Å²) in [6, 6.07) is 5.46. The molecule has 166 valence electrons. The zero-order valence-corrected chi connectivity index (χ0v) is 19.0. The summed E-state index contributed by atoms with van der Waals surface area (Å²) < 4.78 is 0. The lowest BCUT2D eigenvalue weighted by Crippen LogP contribution is -2.43. The van der Waals surface area contributed by atoms with Gasteiger partial charge in [-0.3, -0.25) is 14.6 Å². The van der Waals surface area contributed by atoms with Crippen LogP contribution in [0.4, 0.5) is 5.82 Å². The number of carbonyl (C=O) groups is 2. The third-order valence-corrected chi connectivity index (χ3v) is 5.72. The summed E-state index contributed by atoms with van der Waals surface area (Å²) in [6.45, 7) is 6.99. The van der Waals surface area contributed by atoms with Gasteiger partial charge in [0, 0.05) is 64.1 Å². The third-order valence-electron chi connectivity index (χ3n) is 5.72. The van der Waals surface area contributed by atoms with Crippen molar-refractivity contribution in [2.24, 2.45) is 11.8 Å². The smallest absolute Gasteiger partial charge is 0.223 e. The van der Waals surface area contributed by atoms with E-state index >= 15 is 0 Å². The second-order valence-electron chi connectivity index (χ2n) is 8.62. The summed E-state index contributed by atoms with van der Waals surface area (Å²) in [5, 5.41) is 3.23. The van der Waals surface area contributed by atoms with Crippen molar-refractivity contribution in [3.8, 4) is 11.4 Å². The van der Waals surface area contributed by atoms with Crippen LogP contribution in [0.5, 0.6) is 0 Å². The number of rotatable bonds is 6. The normalized spacial score (nSPS) is 15.6. The van der Waals surface area contributed by atoms with E-state index in [0.29, 0.717) is 31.8 Å². The maximum absolute atomic E-state index is 13.1. The summed E-state index contributed by atoms with van der Waals surface area (Å²) >= 11 is 0. The van der Waals surface area contributed by atoms with Gasteiger partial charge in [0.05, 0.1) is 11.7 Å². The van der Waals surface area contributed by atoms with E-state index in [9.17, 15) is 9.59 Å². The molecule has 31 heavy (non-hydrogen) atoms. The van der Waals surface area contributed by atoms with E-state index in [1.165, 1.54) is 0 Å². The van der Waals surface area contributed by atoms with Crippen LogP contribution in [-0.2, 0) is 9.59 Å². The molecule has 1 aliphatic rings. The Hall–Kier alpha value is -3.03. The number of likely N-dealkylation sites (tertiary alicyclic amines) is 1. The number of hydrogen-bond donors (Lipinski definition) is 1. The first kappa shape index (κ1) is 22.7. The highest BCUT2D eigenvalue weighted by atomic mass is 16.2. The second kappa shape index (κ2) is 9.85. The highest BCUT2D eigenvalue weighted by Crippen LogP contribution is 2.27. The summed E-state index contributed by atoms with van der Waals surface area (Å²) in [6.07, 6.45) is 4.81. The zero-order valence-electron chi connectivity index (χ0n) is 19.0. The third kappa shape index (κ3) is 5.57. The van der Waals surface area contributed by atoms with Crippen molar-refractivity contribution < 1.29 is 9.59 Å². The molecule has 0 aliphatic carbocycles. The molecule has 2 aromatic heterocycles. The highest BCUT2D eigenvalue weighted by molar-refractivity contribution is 5.80. The van der Waals surface area contributed by atoms with E-state index in [1.54, 1.807) is 24.2 Å². The topological polar surface area (TPSA) is 91.3 Å². The molecule has 1 aliphatic heterocycles. The highest BCUT2D eigenvalue weighted by Gasteiger charge is 2.29. The van der Waals surface area contributed by atoms with Crippen LogP contribution in [0.3, 0.4) is 0 Å². The summed E-state index contributed by atoms with van der Waals surface area (Å²) in [5.74, 6) is 1.55. The standard InChI is InChI=1S/C23H32N6O2/c1-15(2)21(27-23(31)18-8-12-29(13-9-18)16(3)30)19-14-20(28(4)5)26-22(25-19)17-6-10-24-11-7-17/h6-7,10-11,14-15,18,21H,8-9,12-13H2,1-5H3,(H,27,31). The molecule has 8 nitrogen and oxygen atoms in total. The Morgan fingerprint density at radius 2 is 1.77 bits per heavy atom. The van der Waals surface area contributed by atoms with Crippen LogP contribution < -0.4 is 10.2 Å². The molecule has 1 unspecified atom stereocenters. The van der Waals surface area contributed by atoms with Crippen molar-refractivity contribution >= 4 is 17.6 Å². The van der Waals surface area contributed by atoms with Gasteiger partial charge in [-0.1, -0.05) is 13.8 Å². The van der Waals surface area contributed by atoms with Crippen LogP contribution in [0.2, 0.25) is 0 Å². The van der Waals surface area contributed by atoms with Crippen molar-refractivity contribution in [3.05, 3.63) is 36.3 Å². The van der Waals surface area contributed by atoms with Crippen LogP contribution in [0.25, 0.3) is 11.4 Å². The fraction of sp³-hybridized carbons (Fsp3) is 0.522. The van der Waals surface area contributed by atoms with Crippen molar-refractivity contribution in [2.45, 2.75) is 39.7 Å². The molecular formula is C23H32N6O2. The number of amides is 2. The first-order valence-electron chi connectivity index (χ1n) is 10.8. The molecule has 1 N–H and O–H groups in total. The first-order chi connectivity index (χ1) is 14.8. The quantitative estimate of drug-likeness (QED) is 0.767. The maximum Gasteiger partial charge on any atom is 0.223 e. The van der Waals surface area contributed by atoms with Crippen molar-refractivity contribution in [3.63, 3.8) is 0 Å². The molecule has 0 saturated carbocycles. The Kier molecular flexibility index (Phi) is 7.20. The molecule has 0 radical (unpaired) electrons. The molecule has 3 rings (SSSR count). The first-order valence-corrected chi connectivity index (χ1v) is 10.8. The van der Waals surface area contributed by atoms with E-state index in [4.69, 9.17) is 4.98 Å². The number of nitrogens with one attached hydrogen (secondary N) is 1. The Morgan fingerprint density at radius 3 is 2.32 bits per heavy atom. The number of piperidine rings is 1. The molecule has 0 bridgehead atoms. The molecule has 2 amide bonds. The van der Waals surface area contributed by atoms with Gasteiger partial charge in [0.1, 0.15) is 5.82 Å². The molecule has 0 spiro atoms. The zero-order chi connectivity index (χ0) is 22.5. The van der Waals surface area contributed by atoms with Crippen molar-refractivity contribution in [1.29, 1.82) is 0 Å². The van der Waals surface area contributed by atoms with Crippen LogP contribution in [0.1, 0.15) is 45.3 Å². The van der Waals surface area contributed by atoms with E-state index < -0.39 is 0 Å². The lowest BCUT2D eigenvalue weighted by molar-refractivity contribution is -0.134. The fourth-order valence-electron chi connectivity index (χ4n) is 3.78. The fourth-order valence-corrected chi connectivity index (χ4v) is 3.78. The van der Waals surface area contributed by atoms with Crippen LogP contribution in [0, 0.1) is 11.8 Å². The summed E-state index contributed by atoms with van der Waals surface area (Å²) in [4.78, 5) is 41.9. The largest absolute Gasteiger partial charge is 0.363 e. The monoisotopic (exact) mass is 424 g/mol. The maximum atomic E-state index is 13.1. The Morgan fingerprint density at radius 1 is 1.13 bits per heavy atom. The number of hydrogen-bond acceptors (Lipinski definition) is 6. The minimum Gasteiger partial charge on any atom is -0.363 e. The summed E-state index contributed by atoms with van der Waals surface area (Å²) in [7, 11) is 3.88. The molecule has 2 aromatic rings. The van der Waals surface area contributed by atoms with E-state index in [-0.39, 0.29) is 29.7 Å². The number of nitrogens with zero attached hydrogens (tertiary/aromatic N) is 5. The van der Waals surface area contributed by atoms with Crippen LogP contribution in [0.15, 0.2) is 30.6 Å². The molecule has 3 heterocycles. The molecule has 1 fully saturated rings. The van der Waals surface area contributed by atoms with Crippen LogP contribution in [-0.4, -0.2) is 58.9 Å². The van der Waals surface area contributed by atoms with Gasteiger partial charge >= 0.3 is 0 Å².